The smallest absolute Gasteiger partial charge is 0.127 e. The van der Waals surface area contributed by atoms with Gasteiger partial charge in [0.15, 0.2) is 0 Å². The van der Waals surface area contributed by atoms with Crippen molar-refractivity contribution in [3.8, 4) is 0 Å². The molecule has 2 nitrogen and oxygen atoms in total. The molecule has 0 fully saturated rings. The summed E-state index contributed by atoms with van der Waals surface area (Å²) in [5.41, 5.74) is 4.93. The number of allylic oxidation sites excluding steroid dienone is 2. The molecule has 0 saturated heterocycles. The van der Waals surface area contributed by atoms with E-state index >= 15 is 0 Å². The number of rotatable bonds is 8. The van der Waals surface area contributed by atoms with Crippen LogP contribution in [0.2, 0.25) is 0 Å². The minimum absolute atomic E-state index is 0.0229. The first-order chi connectivity index (χ1) is 22.1. The molecule has 0 spiro atoms. The standard InChI is InChI=1S/C43H36O2/c1-28(44-42-18-8-16-34-24-36-20-30-12-3-5-14-32(30)22-38(36)26-40(34)42)10-7-11-29(2)45-43-19-9-17-35-25-37-21-31-13-4-6-15-33(31)23-39(37)27-41(35)43/h3-6,8-9,12-17,20-27,42-43H,1-2,7,10-11,18-19H2. The topological polar surface area (TPSA) is 18.5 Å². The highest BCUT2D eigenvalue weighted by Gasteiger charge is 2.22. The lowest BCUT2D eigenvalue weighted by molar-refractivity contribution is 0.103. The molecule has 2 aliphatic carbocycles. The van der Waals surface area contributed by atoms with Crippen molar-refractivity contribution in [2.75, 3.05) is 0 Å². The highest BCUT2D eigenvalue weighted by atomic mass is 16.5. The van der Waals surface area contributed by atoms with E-state index in [2.05, 4.69) is 135 Å². The number of ether oxygens (including phenoxy) is 2. The van der Waals surface area contributed by atoms with Gasteiger partial charge in [0.1, 0.15) is 12.2 Å². The Labute approximate surface area is 264 Å². The first kappa shape index (κ1) is 27.5. The Balaban J connectivity index is 0.906. The van der Waals surface area contributed by atoms with Crippen molar-refractivity contribution in [2.24, 2.45) is 0 Å². The van der Waals surface area contributed by atoms with Crippen molar-refractivity contribution in [1.29, 1.82) is 0 Å². The van der Waals surface area contributed by atoms with Crippen LogP contribution in [0.15, 0.2) is 134 Å². The van der Waals surface area contributed by atoms with E-state index in [9.17, 15) is 0 Å². The average Bonchev–Trinajstić information content (AvgIpc) is 3.05. The van der Waals surface area contributed by atoms with Crippen molar-refractivity contribution in [2.45, 2.75) is 44.3 Å². The minimum Gasteiger partial charge on any atom is -0.490 e. The van der Waals surface area contributed by atoms with Crippen LogP contribution in [0.4, 0.5) is 0 Å². The molecule has 0 radical (unpaired) electrons. The first-order valence-electron chi connectivity index (χ1n) is 16.0. The third-order valence-corrected chi connectivity index (χ3v) is 9.33. The molecule has 0 N–H and O–H groups in total. The summed E-state index contributed by atoms with van der Waals surface area (Å²) >= 11 is 0. The summed E-state index contributed by atoms with van der Waals surface area (Å²) in [5, 5.41) is 10.1. The largest absolute Gasteiger partial charge is 0.490 e. The Morgan fingerprint density at radius 2 is 0.889 bits per heavy atom. The van der Waals surface area contributed by atoms with Gasteiger partial charge in [-0.2, -0.15) is 0 Å². The molecule has 6 aromatic carbocycles. The molecule has 45 heavy (non-hydrogen) atoms. The monoisotopic (exact) mass is 584 g/mol. The molecule has 0 heterocycles. The van der Waals surface area contributed by atoms with Crippen LogP contribution in [0.5, 0.6) is 0 Å². The highest BCUT2D eigenvalue weighted by Crippen LogP contribution is 2.38. The molecule has 8 rings (SSSR count). The van der Waals surface area contributed by atoms with Crippen molar-refractivity contribution >= 4 is 55.2 Å². The molecule has 2 aliphatic rings. The van der Waals surface area contributed by atoms with Gasteiger partial charge in [0.25, 0.3) is 0 Å². The molecule has 0 amide bonds. The van der Waals surface area contributed by atoms with Gasteiger partial charge in [0.2, 0.25) is 0 Å². The lowest BCUT2D eigenvalue weighted by atomic mass is 9.90. The lowest BCUT2D eigenvalue weighted by Crippen LogP contribution is -2.09. The van der Waals surface area contributed by atoms with Crippen LogP contribution in [0, 0.1) is 0 Å². The molecule has 0 aliphatic heterocycles. The van der Waals surface area contributed by atoms with Crippen LogP contribution >= 0.6 is 0 Å². The molecule has 2 atom stereocenters. The zero-order valence-electron chi connectivity index (χ0n) is 25.5. The Morgan fingerprint density at radius 3 is 1.29 bits per heavy atom. The normalized spacial score (nSPS) is 17.0. The number of hydrogen-bond acceptors (Lipinski definition) is 2. The van der Waals surface area contributed by atoms with E-state index in [1.807, 2.05) is 0 Å². The molecular weight excluding hydrogens is 548 g/mol. The van der Waals surface area contributed by atoms with Gasteiger partial charge in [-0.1, -0.05) is 86.0 Å². The third-order valence-electron chi connectivity index (χ3n) is 9.33. The first-order valence-corrected chi connectivity index (χ1v) is 16.0. The summed E-state index contributed by atoms with van der Waals surface area (Å²) < 4.78 is 13.0. The van der Waals surface area contributed by atoms with Crippen molar-refractivity contribution in [3.05, 3.63) is 156 Å². The van der Waals surface area contributed by atoms with Gasteiger partial charge in [0, 0.05) is 36.8 Å². The summed E-state index contributed by atoms with van der Waals surface area (Å²) in [6, 6.07) is 35.4. The van der Waals surface area contributed by atoms with Gasteiger partial charge in [-0.3, -0.25) is 0 Å². The Hall–Kier alpha value is -5.08. The summed E-state index contributed by atoms with van der Waals surface area (Å²) in [6.45, 7) is 8.58. The SMILES string of the molecule is C=C(CCCC(=C)OC1CC=Cc2cc3cc4ccccc4cc3cc21)OC1CC=Cc2cc3cc4ccccc4cc3cc21. The van der Waals surface area contributed by atoms with Crippen molar-refractivity contribution in [1.82, 2.24) is 0 Å². The molecule has 2 unspecified atom stereocenters. The van der Waals surface area contributed by atoms with Gasteiger partial charge in [-0.25, -0.2) is 0 Å². The van der Waals surface area contributed by atoms with Crippen LogP contribution in [0.1, 0.15) is 66.6 Å². The van der Waals surface area contributed by atoms with Gasteiger partial charge in [-0.05, 0) is 109 Å². The third kappa shape index (κ3) is 5.42. The van der Waals surface area contributed by atoms with E-state index < -0.39 is 0 Å². The van der Waals surface area contributed by atoms with Gasteiger partial charge in [-0.15, -0.1) is 0 Å². The zero-order valence-corrected chi connectivity index (χ0v) is 25.5. The average molecular weight is 585 g/mol. The van der Waals surface area contributed by atoms with Crippen molar-refractivity contribution < 1.29 is 9.47 Å². The van der Waals surface area contributed by atoms with Gasteiger partial charge >= 0.3 is 0 Å². The summed E-state index contributed by atoms with van der Waals surface area (Å²) in [6.07, 6.45) is 12.9. The van der Waals surface area contributed by atoms with E-state index in [0.29, 0.717) is 0 Å². The van der Waals surface area contributed by atoms with Crippen LogP contribution in [0.25, 0.3) is 55.2 Å². The second kappa shape index (κ2) is 11.4. The minimum atomic E-state index is -0.0229. The Kier molecular flexibility index (Phi) is 6.99. The maximum absolute atomic E-state index is 6.48. The second-order valence-electron chi connectivity index (χ2n) is 12.5. The Bertz CT molecular complexity index is 2040. The molecule has 0 saturated carbocycles. The number of benzene rings is 6. The van der Waals surface area contributed by atoms with E-state index in [4.69, 9.17) is 9.47 Å². The van der Waals surface area contributed by atoms with Crippen LogP contribution in [-0.4, -0.2) is 0 Å². The predicted molar refractivity (Wildman–Crippen MR) is 190 cm³/mol. The quantitative estimate of drug-likeness (QED) is 0.131. The number of hydrogen-bond donors (Lipinski definition) is 0. The fraction of sp³-hybridized carbons (Fsp3) is 0.163. The maximum atomic E-state index is 6.48. The van der Waals surface area contributed by atoms with Crippen molar-refractivity contribution in [3.63, 3.8) is 0 Å². The molecule has 220 valence electrons. The lowest BCUT2D eigenvalue weighted by Gasteiger charge is -2.26. The summed E-state index contributed by atoms with van der Waals surface area (Å²) in [4.78, 5) is 0. The molecular formula is C43H36O2. The fourth-order valence-electron chi connectivity index (χ4n) is 7.02. The highest BCUT2D eigenvalue weighted by molar-refractivity contribution is 6.00. The van der Waals surface area contributed by atoms with Gasteiger partial charge < -0.3 is 9.47 Å². The van der Waals surface area contributed by atoms with Crippen LogP contribution in [-0.2, 0) is 9.47 Å². The molecule has 6 aromatic rings. The summed E-state index contributed by atoms with van der Waals surface area (Å²) in [5.74, 6) is 1.63. The van der Waals surface area contributed by atoms with E-state index in [-0.39, 0.29) is 12.2 Å². The molecule has 2 heteroatoms. The summed E-state index contributed by atoms with van der Waals surface area (Å²) in [7, 11) is 0. The molecule has 0 aromatic heterocycles. The fourth-order valence-corrected chi connectivity index (χ4v) is 7.02. The van der Waals surface area contributed by atoms with E-state index in [1.165, 1.54) is 65.3 Å². The van der Waals surface area contributed by atoms with E-state index in [1.54, 1.807) is 0 Å². The second-order valence-corrected chi connectivity index (χ2v) is 12.5. The number of fused-ring (bicyclic) bond motifs is 6. The molecule has 0 bridgehead atoms. The Morgan fingerprint density at radius 1 is 0.511 bits per heavy atom. The maximum Gasteiger partial charge on any atom is 0.127 e. The van der Waals surface area contributed by atoms with Crippen LogP contribution < -0.4 is 0 Å². The predicted octanol–water partition coefficient (Wildman–Crippen LogP) is 12.1. The van der Waals surface area contributed by atoms with Gasteiger partial charge in [0.05, 0.1) is 11.5 Å². The zero-order chi connectivity index (χ0) is 30.3. The van der Waals surface area contributed by atoms with E-state index in [0.717, 1.165) is 43.6 Å². The van der Waals surface area contributed by atoms with Crippen LogP contribution in [0.3, 0.4) is 0 Å².